The highest BCUT2D eigenvalue weighted by Crippen LogP contribution is 2.32. The Morgan fingerprint density at radius 3 is 2.69 bits per heavy atom. The maximum atomic E-state index is 12.1. The van der Waals surface area contributed by atoms with Crippen LogP contribution in [-0.4, -0.2) is 20.2 Å². The summed E-state index contributed by atoms with van der Waals surface area (Å²) < 4.78 is 24.3. The Kier molecular flexibility index (Phi) is 2.70. The first-order valence-electron chi connectivity index (χ1n) is 5.54. The average Bonchev–Trinajstić information content (AvgIpc) is 2.23. The van der Waals surface area contributed by atoms with E-state index in [0.717, 1.165) is 11.3 Å². The number of hydrogen-bond acceptors (Lipinski definition) is 3. The smallest absolute Gasteiger partial charge is 0.184 e. The molecule has 0 saturated heterocycles. The van der Waals surface area contributed by atoms with E-state index in [1.54, 1.807) is 13.0 Å². The third-order valence-electron chi connectivity index (χ3n) is 3.09. The Morgan fingerprint density at radius 2 is 2.06 bits per heavy atom. The van der Waals surface area contributed by atoms with Crippen LogP contribution in [0.4, 0.5) is 5.69 Å². The molecule has 3 nitrogen and oxygen atoms in total. The van der Waals surface area contributed by atoms with E-state index in [1.165, 1.54) is 0 Å². The minimum Gasteiger partial charge on any atom is -0.383 e. The first-order valence-corrected chi connectivity index (χ1v) is 7.09. The molecule has 0 saturated carbocycles. The second kappa shape index (κ2) is 3.77. The van der Waals surface area contributed by atoms with Gasteiger partial charge in [0.25, 0.3) is 0 Å². The first-order chi connectivity index (χ1) is 7.43. The monoisotopic (exact) mass is 239 g/mol. The lowest BCUT2D eigenvalue weighted by Gasteiger charge is -2.24. The van der Waals surface area contributed by atoms with Gasteiger partial charge in [-0.15, -0.1) is 0 Å². The molecule has 0 aromatic heterocycles. The number of nitrogens with one attached hydrogen (secondary N) is 1. The highest BCUT2D eigenvalue weighted by molar-refractivity contribution is 7.92. The molecule has 1 N–H and O–H groups in total. The van der Waals surface area contributed by atoms with Crippen LogP contribution in [0.1, 0.15) is 32.3 Å². The van der Waals surface area contributed by atoms with Crippen molar-refractivity contribution in [1.82, 2.24) is 0 Å². The van der Waals surface area contributed by atoms with Crippen LogP contribution in [0.15, 0.2) is 23.1 Å². The van der Waals surface area contributed by atoms with Crippen molar-refractivity contribution < 1.29 is 8.42 Å². The molecule has 4 heteroatoms. The van der Waals surface area contributed by atoms with E-state index >= 15 is 0 Å². The summed E-state index contributed by atoms with van der Waals surface area (Å²) in [5, 5.41) is 2.81. The van der Waals surface area contributed by atoms with Crippen LogP contribution < -0.4 is 5.32 Å². The predicted molar refractivity (Wildman–Crippen MR) is 65.7 cm³/mol. The second-order valence-corrected chi connectivity index (χ2v) is 6.98. The Morgan fingerprint density at radius 1 is 1.38 bits per heavy atom. The van der Waals surface area contributed by atoms with E-state index in [2.05, 4.69) is 19.2 Å². The molecule has 1 aliphatic rings. The highest BCUT2D eigenvalue weighted by atomic mass is 32.2. The molecular weight excluding hydrogens is 222 g/mol. The maximum absolute atomic E-state index is 12.1. The fraction of sp³-hybridized carbons (Fsp3) is 0.500. The van der Waals surface area contributed by atoms with Gasteiger partial charge in [0.05, 0.1) is 15.8 Å². The first kappa shape index (κ1) is 11.5. The van der Waals surface area contributed by atoms with Crippen molar-refractivity contribution in [3.63, 3.8) is 0 Å². The highest BCUT2D eigenvalue weighted by Gasteiger charge is 2.30. The van der Waals surface area contributed by atoms with Gasteiger partial charge in [0.1, 0.15) is 0 Å². The van der Waals surface area contributed by atoms with Gasteiger partial charge in [-0.3, -0.25) is 0 Å². The lowest BCUT2D eigenvalue weighted by Crippen LogP contribution is -2.31. The van der Waals surface area contributed by atoms with Gasteiger partial charge in [-0.1, -0.05) is 19.9 Å². The van der Waals surface area contributed by atoms with E-state index in [4.69, 9.17) is 0 Å². The Hall–Kier alpha value is -1.03. The van der Waals surface area contributed by atoms with Crippen LogP contribution in [0.3, 0.4) is 0 Å². The zero-order valence-corrected chi connectivity index (χ0v) is 10.6. The fourth-order valence-electron chi connectivity index (χ4n) is 1.86. The topological polar surface area (TPSA) is 46.2 Å². The molecule has 0 bridgehead atoms. The Balaban J connectivity index is 2.60. The van der Waals surface area contributed by atoms with Crippen molar-refractivity contribution in [3.05, 3.63) is 23.8 Å². The summed E-state index contributed by atoms with van der Waals surface area (Å²) in [6, 6.07) is 5.66. The van der Waals surface area contributed by atoms with Gasteiger partial charge in [0, 0.05) is 6.54 Å². The molecule has 1 aliphatic heterocycles. The van der Waals surface area contributed by atoms with Gasteiger partial charge < -0.3 is 5.32 Å². The Bertz CT molecular complexity index is 506. The normalized spacial score (nSPS) is 22.6. The number of anilines is 1. The summed E-state index contributed by atoms with van der Waals surface area (Å²) in [6.07, 6.45) is 0. The van der Waals surface area contributed by atoms with Gasteiger partial charge >= 0.3 is 0 Å². The summed E-state index contributed by atoms with van der Waals surface area (Å²) in [5.41, 5.74) is 1.81. The van der Waals surface area contributed by atoms with Crippen molar-refractivity contribution in [2.24, 2.45) is 0 Å². The van der Waals surface area contributed by atoms with Crippen molar-refractivity contribution >= 4 is 15.5 Å². The summed E-state index contributed by atoms with van der Waals surface area (Å²) in [6.45, 7) is 6.37. The fourth-order valence-corrected chi connectivity index (χ4v) is 3.34. The molecular formula is C12H17NO2S. The molecule has 88 valence electrons. The lowest BCUT2D eigenvalue weighted by atomic mass is 10.0. The zero-order valence-electron chi connectivity index (χ0n) is 9.82. The maximum Gasteiger partial charge on any atom is 0.184 e. The molecule has 0 amide bonds. The largest absolute Gasteiger partial charge is 0.383 e. The summed E-state index contributed by atoms with van der Waals surface area (Å²) >= 11 is 0. The number of fused-ring (bicyclic) bond motifs is 1. The molecule has 1 atom stereocenters. The Labute approximate surface area is 96.8 Å². The second-order valence-electron chi connectivity index (χ2n) is 4.65. The van der Waals surface area contributed by atoms with Gasteiger partial charge in [0.15, 0.2) is 9.84 Å². The molecule has 1 aromatic carbocycles. The molecule has 0 aliphatic carbocycles. The van der Waals surface area contributed by atoms with Crippen LogP contribution in [-0.2, 0) is 9.84 Å². The van der Waals surface area contributed by atoms with Crippen molar-refractivity contribution in [1.29, 1.82) is 0 Å². The van der Waals surface area contributed by atoms with Gasteiger partial charge in [-0.25, -0.2) is 8.42 Å². The third kappa shape index (κ3) is 1.71. The molecule has 1 heterocycles. The number of hydrogen-bond donors (Lipinski definition) is 1. The third-order valence-corrected chi connectivity index (χ3v) is 5.27. The van der Waals surface area contributed by atoms with Gasteiger partial charge in [-0.05, 0) is 30.5 Å². The lowest BCUT2D eigenvalue weighted by molar-refractivity contribution is 0.582. The van der Waals surface area contributed by atoms with Crippen molar-refractivity contribution in [2.45, 2.75) is 36.8 Å². The molecule has 16 heavy (non-hydrogen) atoms. The van der Waals surface area contributed by atoms with Gasteiger partial charge in [-0.2, -0.15) is 0 Å². The minimum atomic E-state index is -3.14. The molecule has 0 radical (unpaired) electrons. The SMILES string of the molecule is CC(C)c1ccc2c(c1)S(=O)(=O)C(C)CN2. The molecule has 1 aromatic rings. The van der Waals surface area contributed by atoms with E-state index in [-0.39, 0.29) is 5.25 Å². The molecule has 0 fully saturated rings. The van der Waals surface area contributed by atoms with E-state index in [0.29, 0.717) is 17.4 Å². The number of rotatable bonds is 1. The molecule has 0 spiro atoms. The van der Waals surface area contributed by atoms with Crippen LogP contribution in [0.25, 0.3) is 0 Å². The predicted octanol–water partition coefficient (Wildman–Crippen LogP) is 2.40. The summed E-state index contributed by atoms with van der Waals surface area (Å²) in [4.78, 5) is 0.456. The van der Waals surface area contributed by atoms with E-state index in [1.807, 2.05) is 12.1 Å². The quantitative estimate of drug-likeness (QED) is 0.818. The van der Waals surface area contributed by atoms with Crippen molar-refractivity contribution in [3.8, 4) is 0 Å². The van der Waals surface area contributed by atoms with Crippen LogP contribution in [0, 0.1) is 0 Å². The average molecular weight is 239 g/mol. The van der Waals surface area contributed by atoms with Crippen LogP contribution >= 0.6 is 0 Å². The minimum absolute atomic E-state index is 0.345. The van der Waals surface area contributed by atoms with Crippen LogP contribution in [0.5, 0.6) is 0 Å². The van der Waals surface area contributed by atoms with Gasteiger partial charge in [0.2, 0.25) is 0 Å². The zero-order chi connectivity index (χ0) is 11.9. The standard InChI is InChI=1S/C12H17NO2S/c1-8(2)10-4-5-11-12(6-10)16(14,15)9(3)7-13-11/h4-6,8-9,13H,7H2,1-3H3. The number of benzene rings is 1. The number of sulfone groups is 1. The van der Waals surface area contributed by atoms with E-state index < -0.39 is 9.84 Å². The van der Waals surface area contributed by atoms with E-state index in [9.17, 15) is 8.42 Å². The molecule has 1 unspecified atom stereocenters. The molecule has 2 rings (SSSR count). The summed E-state index contributed by atoms with van der Waals surface area (Å²) in [5.74, 6) is 0.345. The van der Waals surface area contributed by atoms with Crippen LogP contribution in [0.2, 0.25) is 0 Å². The summed E-state index contributed by atoms with van der Waals surface area (Å²) in [7, 11) is -3.14. The van der Waals surface area contributed by atoms with Crippen molar-refractivity contribution in [2.75, 3.05) is 11.9 Å².